The van der Waals surface area contributed by atoms with E-state index >= 15 is 0 Å². The first kappa shape index (κ1) is 11.6. The van der Waals surface area contributed by atoms with E-state index in [1.54, 1.807) is 13.0 Å². The summed E-state index contributed by atoms with van der Waals surface area (Å²) in [4.78, 5) is 21.7. The Balaban J connectivity index is 2.71. The molecule has 1 aliphatic heterocycles. The fourth-order valence-corrected chi connectivity index (χ4v) is 1.35. The lowest BCUT2D eigenvalue weighted by atomic mass is 10.1. The van der Waals surface area contributed by atoms with Crippen molar-refractivity contribution in [2.45, 2.75) is 39.1 Å². The summed E-state index contributed by atoms with van der Waals surface area (Å²) in [7, 11) is 0. The lowest BCUT2D eigenvalue weighted by molar-refractivity contribution is -0.172. The van der Waals surface area contributed by atoms with Gasteiger partial charge in [0.25, 0.3) is 0 Å². The Hall–Kier alpha value is -1.52. The number of ether oxygens (including phenoxy) is 3. The second-order valence-corrected chi connectivity index (χ2v) is 3.32. The summed E-state index contributed by atoms with van der Waals surface area (Å²) in [5.74, 6) is -0.848. The van der Waals surface area contributed by atoms with Gasteiger partial charge in [-0.3, -0.25) is 9.59 Å². The summed E-state index contributed by atoms with van der Waals surface area (Å²) in [5, 5.41) is 0. The highest BCUT2D eigenvalue weighted by Crippen LogP contribution is 2.18. The Bertz CT molecular complexity index is 284. The second kappa shape index (κ2) is 4.82. The zero-order valence-electron chi connectivity index (χ0n) is 8.93. The zero-order chi connectivity index (χ0) is 11.4. The predicted molar refractivity (Wildman–Crippen MR) is 50.8 cm³/mol. The van der Waals surface area contributed by atoms with E-state index in [4.69, 9.17) is 14.2 Å². The van der Waals surface area contributed by atoms with Gasteiger partial charge in [-0.05, 0) is 13.0 Å². The highest BCUT2D eigenvalue weighted by Gasteiger charge is 2.34. The van der Waals surface area contributed by atoms with Gasteiger partial charge >= 0.3 is 11.9 Å². The summed E-state index contributed by atoms with van der Waals surface area (Å²) in [6, 6.07) is 0. The Morgan fingerprint density at radius 3 is 2.33 bits per heavy atom. The molecule has 0 bridgehead atoms. The van der Waals surface area contributed by atoms with Crippen LogP contribution in [0.5, 0.6) is 0 Å². The molecular weight excluding hydrogens is 200 g/mol. The van der Waals surface area contributed by atoms with Gasteiger partial charge in [0.15, 0.2) is 12.2 Å². The van der Waals surface area contributed by atoms with Gasteiger partial charge in [0, 0.05) is 13.8 Å². The third-order valence-electron chi connectivity index (χ3n) is 1.95. The summed E-state index contributed by atoms with van der Waals surface area (Å²) >= 11 is 0. The van der Waals surface area contributed by atoms with Crippen LogP contribution in [0.2, 0.25) is 0 Å². The van der Waals surface area contributed by atoms with Gasteiger partial charge in [0.2, 0.25) is 0 Å². The lowest BCUT2D eigenvalue weighted by Gasteiger charge is -2.31. The molecule has 0 aromatic rings. The average Bonchev–Trinajstić information content (AvgIpc) is 2.09. The van der Waals surface area contributed by atoms with E-state index in [1.807, 2.05) is 0 Å². The third kappa shape index (κ3) is 3.27. The number of esters is 2. The third-order valence-corrected chi connectivity index (χ3v) is 1.95. The summed E-state index contributed by atoms with van der Waals surface area (Å²) in [5.41, 5.74) is 0. The molecule has 0 aromatic carbocycles. The van der Waals surface area contributed by atoms with E-state index in [-0.39, 0.29) is 6.10 Å². The first-order chi connectivity index (χ1) is 7.00. The summed E-state index contributed by atoms with van der Waals surface area (Å²) in [6.45, 7) is 4.35. The van der Waals surface area contributed by atoms with Gasteiger partial charge in [-0.15, -0.1) is 0 Å². The molecule has 0 saturated carbocycles. The van der Waals surface area contributed by atoms with Crippen LogP contribution in [0.1, 0.15) is 20.8 Å². The average molecular weight is 214 g/mol. The Morgan fingerprint density at radius 2 is 1.80 bits per heavy atom. The summed E-state index contributed by atoms with van der Waals surface area (Å²) in [6.07, 6.45) is 1.50. The van der Waals surface area contributed by atoms with Crippen molar-refractivity contribution in [1.29, 1.82) is 0 Å². The molecule has 0 aromatic heterocycles. The highest BCUT2D eigenvalue weighted by atomic mass is 16.6. The molecule has 0 saturated heterocycles. The molecule has 1 aliphatic rings. The normalized spacial score (nSPS) is 29.1. The fourth-order valence-electron chi connectivity index (χ4n) is 1.35. The lowest BCUT2D eigenvalue weighted by Crippen LogP contribution is -2.43. The molecule has 84 valence electrons. The minimum atomic E-state index is -0.587. The maximum absolute atomic E-state index is 10.8. The zero-order valence-corrected chi connectivity index (χ0v) is 8.93. The Kier molecular flexibility index (Phi) is 3.71. The van der Waals surface area contributed by atoms with Gasteiger partial charge in [0.05, 0.1) is 6.26 Å². The largest absolute Gasteiger partial charge is 0.494 e. The number of rotatable bonds is 2. The number of hydrogen-bond acceptors (Lipinski definition) is 5. The maximum Gasteiger partial charge on any atom is 0.303 e. The number of hydrogen-bond donors (Lipinski definition) is 0. The maximum atomic E-state index is 10.8. The van der Waals surface area contributed by atoms with Crippen LogP contribution in [0.25, 0.3) is 0 Å². The van der Waals surface area contributed by atoms with Gasteiger partial charge in [-0.1, -0.05) is 0 Å². The standard InChI is InChI=1S/C10H14O5/c1-6-10(15-8(3)12)9(4-5-13-6)14-7(2)11/h4-6,9-10H,1-3H3/t6-,9-,10?/m0/s1. The Labute approximate surface area is 88.0 Å². The Morgan fingerprint density at radius 1 is 1.20 bits per heavy atom. The number of carbonyl (C=O) groups excluding carboxylic acids is 2. The van der Waals surface area contributed by atoms with E-state index in [1.165, 1.54) is 20.1 Å². The molecule has 1 rings (SSSR count). The van der Waals surface area contributed by atoms with Crippen LogP contribution in [0.3, 0.4) is 0 Å². The molecule has 0 N–H and O–H groups in total. The molecule has 0 amide bonds. The fraction of sp³-hybridized carbons (Fsp3) is 0.600. The topological polar surface area (TPSA) is 61.8 Å². The van der Waals surface area contributed by atoms with Crippen LogP contribution in [-0.2, 0) is 23.8 Å². The van der Waals surface area contributed by atoms with E-state index < -0.39 is 24.1 Å². The first-order valence-corrected chi connectivity index (χ1v) is 4.67. The summed E-state index contributed by atoms with van der Waals surface area (Å²) < 4.78 is 15.2. The minimum absolute atomic E-state index is 0.330. The monoisotopic (exact) mass is 214 g/mol. The molecular formula is C10H14O5. The van der Waals surface area contributed by atoms with Crippen molar-refractivity contribution in [2.24, 2.45) is 0 Å². The van der Waals surface area contributed by atoms with Gasteiger partial charge in [-0.2, -0.15) is 0 Å². The molecule has 1 heterocycles. The molecule has 3 atom stereocenters. The van der Waals surface area contributed by atoms with Crippen LogP contribution in [0.4, 0.5) is 0 Å². The van der Waals surface area contributed by atoms with Gasteiger partial charge in [0.1, 0.15) is 6.10 Å². The molecule has 0 fully saturated rings. The van der Waals surface area contributed by atoms with Crippen molar-refractivity contribution in [3.8, 4) is 0 Å². The van der Waals surface area contributed by atoms with Crippen molar-refractivity contribution < 1.29 is 23.8 Å². The van der Waals surface area contributed by atoms with Crippen molar-refractivity contribution in [1.82, 2.24) is 0 Å². The number of carbonyl (C=O) groups is 2. The van der Waals surface area contributed by atoms with E-state index in [2.05, 4.69) is 0 Å². The first-order valence-electron chi connectivity index (χ1n) is 4.67. The van der Waals surface area contributed by atoms with Gasteiger partial charge < -0.3 is 14.2 Å². The van der Waals surface area contributed by atoms with E-state index in [9.17, 15) is 9.59 Å². The van der Waals surface area contributed by atoms with E-state index in [0.29, 0.717) is 0 Å². The van der Waals surface area contributed by atoms with Crippen molar-refractivity contribution >= 4 is 11.9 Å². The van der Waals surface area contributed by atoms with Crippen LogP contribution in [0, 0.1) is 0 Å². The van der Waals surface area contributed by atoms with Crippen LogP contribution < -0.4 is 0 Å². The SMILES string of the molecule is CC(=O)OC1[C@H](C)OC=C[C@@H]1OC(C)=O. The smallest absolute Gasteiger partial charge is 0.303 e. The van der Waals surface area contributed by atoms with Crippen LogP contribution >= 0.6 is 0 Å². The second-order valence-electron chi connectivity index (χ2n) is 3.32. The molecule has 0 radical (unpaired) electrons. The molecule has 0 aliphatic carbocycles. The van der Waals surface area contributed by atoms with Crippen LogP contribution in [0.15, 0.2) is 12.3 Å². The van der Waals surface area contributed by atoms with Crippen molar-refractivity contribution in [3.05, 3.63) is 12.3 Å². The molecule has 15 heavy (non-hydrogen) atoms. The van der Waals surface area contributed by atoms with Crippen molar-refractivity contribution in [3.63, 3.8) is 0 Å². The minimum Gasteiger partial charge on any atom is -0.494 e. The molecule has 1 unspecified atom stereocenters. The van der Waals surface area contributed by atoms with E-state index in [0.717, 1.165) is 0 Å². The van der Waals surface area contributed by atoms with Crippen LogP contribution in [-0.4, -0.2) is 30.3 Å². The van der Waals surface area contributed by atoms with Crippen molar-refractivity contribution in [2.75, 3.05) is 0 Å². The quantitative estimate of drug-likeness (QED) is 0.636. The van der Waals surface area contributed by atoms with Gasteiger partial charge in [-0.25, -0.2) is 0 Å². The molecule has 5 heteroatoms. The molecule has 5 nitrogen and oxygen atoms in total. The predicted octanol–water partition coefficient (Wildman–Crippen LogP) is 0.782. The highest BCUT2D eigenvalue weighted by molar-refractivity contribution is 5.67. The molecule has 0 spiro atoms.